The predicted octanol–water partition coefficient (Wildman–Crippen LogP) is -1.17. The van der Waals surface area contributed by atoms with Crippen LogP contribution in [0.2, 0.25) is 0 Å². The topological polar surface area (TPSA) is 79.2 Å². The molecule has 0 aromatic rings. The second-order valence-electron chi connectivity index (χ2n) is 2.90. The standard InChI is InChI=1S/C8H16N4O/c9-3-1-8(13)12-4-2-7-10-5-6-11-7/h5-7,10-11H,1-4,9H2,(H,12,13). The molecule has 1 heterocycles. The lowest BCUT2D eigenvalue weighted by Gasteiger charge is -2.12. The fourth-order valence-electron chi connectivity index (χ4n) is 1.12. The van der Waals surface area contributed by atoms with E-state index in [-0.39, 0.29) is 12.1 Å². The molecule has 1 amide bonds. The molecule has 1 rings (SSSR count). The van der Waals surface area contributed by atoms with Gasteiger partial charge < -0.3 is 21.7 Å². The quantitative estimate of drug-likeness (QED) is 0.434. The third-order valence-corrected chi connectivity index (χ3v) is 1.80. The minimum Gasteiger partial charge on any atom is -0.370 e. The van der Waals surface area contributed by atoms with Gasteiger partial charge in [0, 0.05) is 38.3 Å². The van der Waals surface area contributed by atoms with Crippen LogP contribution >= 0.6 is 0 Å². The number of carbonyl (C=O) groups is 1. The van der Waals surface area contributed by atoms with Crippen LogP contribution in [0.5, 0.6) is 0 Å². The molecule has 0 atom stereocenters. The molecular formula is C8H16N4O. The molecule has 5 heteroatoms. The van der Waals surface area contributed by atoms with E-state index < -0.39 is 0 Å². The van der Waals surface area contributed by atoms with Crippen LogP contribution in [-0.2, 0) is 4.79 Å². The van der Waals surface area contributed by atoms with Crippen LogP contribution in [0.4, 0.5) is 0 Å². The summed E-state index contributed by atoms with van der Waals surface area (Å²) in [5.41, 5.74) is 5.23. The molecule has 0 aromatic heterocycles. The maximum absolute atomic E-state index is 11.0. The van der Waals surface area contributed by atoms with Crippen LogP contribution < -0.4 is 21.7 Å². The van der Waals surface area contributed by atoms with Gasteiger partial charge >= 0.3 is 0 Å². The van der Waals surface area contributed by atoms with Gasteiger partial charge in [-0.3, -0.25) is 4.79 Å². The summed E-state index contributed by atoms with van der Waals surface area (Å²) >= 11 is 0. The lowest BCUT2D eigenvalue weighted by Crippen LogP contribution is -2.36. The molecule has 1 aliphatic rings. The highest BCUT2D eigenvalue weighted by atomic mass is 16.1. The molecule has 0 fully saturated rings. The van der Waals surface area contributed by atoms with Gasteiger partial charge in [-0.25, -0.2) is 0 Å². The molecular weight excluding hydrogens is 168 g/mol. The zero-order chi connectivity index (χ0) is 9.52. The number of rotatable bonds is 5. The Bertz CT molecular complexity index is 185. The van der Waals surface area contributed by atoms with Crippen LogP contribution in [0.15, 0.2) is 12.4 Å². The molecule has 0 radical (unpaired) electrons. The Morgan fingerprint density at radius 3 is 2.77 bits per heavy atom. The summed E-state index contributed by atoms with van der Waals surface area (Å²) in [6.07, 6.45) is 5.23. The number of hydrogen-bond donors (Lipinski definition) is 4. The van der Waals surface area contributed by atoms with Crippen molar-refractivity contribution in [3.63, 3.8) is 0 Å². The minimum absolute atomic E-state index is 0.0217. The van der Waals surface area contributed by atoms with E-state index in [2.05, 4.69) is 16.0 Å². The first-order valence-electron chi connectivity index (χ1n) is 4.47. The van der Waals surface area contributed by atoms with E-state index in [0.717, 1.165) is 6.42 Å². The zero-order valence-electron chi connectivity index (χ0n) is 7.55. The van der Waals surface area contributed by atoms with Crippen molar-refractivity contribution in [1.29, 1.82) is 0 Å². The van der Waals surface area contributed by atoms with Gasteiger partial charge in [-0.05, 0) is 0 Å². The highest BCUT2D eigenvalue weighted by Gasteiger charge is 2.07. The number of carbonyl (C=O) groups excluding carboxylic acids is 1. The van der Waals surface area contributed by atoms with Crippen molar-refractivity contribution >= 4 is 5.91 Å². The molecule has 0 unspecified atom stereocenters. The van der Waals surface area contributed by atoms with E-state index >= 15 is 0 Å². The van der Waals surface area contributed by atoms with E-state index in [4.69, 9.17) is 5.73 Å². The van der Waals surface area contributed by atoms with Crippen molar-refractivity contribution < 1.29 is 4.79 Å². The Hall–Kier alpha value is -1.23. The van der Waals surface area contributed by atoms with Gasteiger partial charge in [-0.2, -0.15) is 0 Å². The largest absolute Gasteiger partial charge is 0.370 e. The van der Waals surface area contributed by atoms with E-state index in [1.165, 1.54) is 0 Å². The summed E-state index contributed by atoms with van der Waals surface area (Å²) in [6, 6.07) is 0. The normalized spacial score (nSPS) is 15.2. The summed E-state index contributed by atoms with van der Waals surface area (Å²) < 4.78 is 0. The summed E-state index contributed by atoms with van der Waals surface area (Å²) in [5.74, 6) is 0.0217. The molecule has 0 aromatic carbocycles. The van der Waals surface area contributed by atoms with Crippen molar-refractivity contribution in [2.24, 2.45) is 5.73 Å². The summed E-state index contributed by atoms with van der Waals surface area (Å²) in [7, 11) is 0. The zero-order valence-corrected chi connectivity index (χ0v) is 7.55. The molecule has 0 spiro atoms. The molecule has 0 saturated carbocycles. The van der Waals surface area contributed by atoms with Crippen LogP contribution in [0.3, 0.4) is 0 Å². The fraction of sp³-hybridized carbons (Fsp3) is 0.625. The molecule has 1 aliphatic heterocycles. The van der Waals surface area contributed by atoms with Crippen LogP contribution in [-0.4, -0.2) is 25.2 Å². The second kappa shape index (κ2) is 5.42. The Kier molecular flexibility index (Phi) is 4.11. The van der Waals surface area contributed by atoms with Gasteiger partial charge in [0.2, 0.25) is 5.91 Å². The van der Waals surface area contributed by atoms with Gasteiger partial charge in [0.25, 0.3) is 0 Å². The summed E-state index contributed by atoms with van der Waals surface area (Å²) in [4.78, 5) is 11.0. The maximum Gasteiger partial charge on any atom is 0.221 e. The van der Waals surface area contributed by atoms with E-state index in [1.54, 1.807) is 0 Å². The highest BCUT2D eigenvalue weighted by molar-refractivity contribution is 5.75. The van der Waals surface area contributed by atoms with Gasteiger partial charge in [-0.1, -0.05) is 0 Å². The molecule has 5 nitrogen and oxygen atoms in total. The van der Waals surface area contributed by atoms with Gasteiger partial charge in [-0.15, -0.1) is 0 Å². The van der Waals surface area contributed by atoms with Crippen LogP contribution in [0, 0.1) is 0 Å². The first-order chi connectivity index (χ1) is 6.33. The summed E-state index contributed by atoms with van der Waals surface area (Å²) in [5, 5.41) is 8.97. The second-order valence-corrected chi connectivity index (χ2v) is 2.90. The van der Waals surface area contributed by atoms with Gasteiger partial charge in [0.15, 0.2) is 0 Å². The monoisotopic (exact) mass is 184 g/mol. The number of nitrogens with two attached hydrogens (primary N) is 1. The lowest BCUT2D eigenvalue weighted by molar-refractivity contribution is -0.120. The first-order valence-corrected chi connectivity index (χ1v) is 4.47. The third-order valence-electron chi connectivity index (χ3n) is 1.80. The average Bonchev–Trinajstić information content (AvgIpc) is 2.57. The van der Waals surface area contributed by atoms with Crippen molar-refractivity contribution in [2.45, 2.75) is 19.0 Å². The third kappa shape index (κ3) is 3.80. The van der Waals surface area contributed by atoms with Crippen molar-refractivity contribution in [3.8, 4) is 0 Å². The lowest BCUT2D eigenvalue weighted by atomic mass is 10.3. The Balaban J connectivity index is 1.97. The Morgan fingerprint density at radius 1 is 1.46 bits per heavy atom. The Labute approximate surface area is 77.7 Å². The van der Waals surface area contributed by atoms with Crippen molar-refractivity contribution in [3.05, 3.63) is 12.4 Å². The highest BCUT2D eigenvalue weighted by Crippen LogP contribution is 1.91. The fourth-order valence-corrected chi connectivity index (χ4v) is 1.12. The van der Waals surface area contributed by atoms with Gasteiger partial charge in [0.1, 0.15) is 0 Å². The Morgan fingerprint density at radius 2 is 2.15 bits per heavy atom. The minimum atomic E-state index is 0.0217. The van der Waals surface area contributed by atoms with Crippen LogP contribution in [0.25, 0.3) is 0 Å². The number of hydrogen-bond acceptors (Lipinski definition) is 4. The molecule has 0 bridgehead atoms. The number of nitrogens with one attached hydrogen (secondary N) is 3. The van der Waals surface area contributed by atoms with E-state index in [9.17, 15) is 4.79 Å². The summed E-state index contributed by atoms with van der Waals surface area (Å²) in [6.45, 7) is 1.08. The number of amides is 1. The average molecular weight is 184 g/mol. The van der Waals surface area contributed by atoms with Crippen LogP contribution in [0.1, 0.15) is 12.8 Å². The first kappa shape index (κ1) is 9.85. The van der Waals surface area contributed by atoms with Gasteiger partial charge in [0.05, 0.1) is 6.17 Å². The molecule has 0 aliphatic carbocycles. The maximum atomic E-state index is 11.0. The van der Waals surface area contributed by atoms with E-state index in [1.807, 2.05) is 12.4 Å². The predicted molar refractivity (Wildman–Crippen MR) is 50.5 cm³/mol. The van der Waals surface area contributed by atoms with E-state index in [0.29, 0.717) is 19.5 Å². The molecule has 74 valence electrons. The SMILES string of the molecule is NCCC(=O)NCCC1NC=CN1. The molecule has 5 N–H and O–H groups in total. The van der Waals surface area contributed by atoms with Crippen molar-refractivity contribution in [1.82, 2.24) is 16.0 Å². The van der Waals surface area contributed by atoms with Crippen molar-refractivity contribution in [2.75, 3.05) is 13.1 Å². The molecule has 13 heavy (non-hydrogen) atoms. The smallest absolute Gasteiger partial charge is 0.221 e. The molecule has 0 saturated heterocycles.